The Morgan fingerprint density at radius 2 is 1.00 bits per heavy atom. The maximum Gasteiger partial charge on any atom is 0.0911 e. The van der Waals surface area contributed by atoms with Gasteiger partial charge in [-0.1, -0.05) is 195 Å². The highest BCUT2D eigenvalue weighted by Gasteiger charge is 2.39. The second kappa shape index (κ2) is 25.5. The third-order valence-electron chi connectivity index (χ3n) is 10.0. The monoisotopic (exact) mass is 807 g/mol. The lowest BCUT2D eigenvalue weighted by molar-refractivity contribution is -0.0659. The highest BCUT2D eigenvalue weighted by atomic mass is 32.2. The van der Waals surface area contributed by atoms with Crippen molar-refractivity contribution in [3.8, 4) is 0 Å². The number of hydrogen-bond acceptors (Lipinski definition) is 5. The molecule has 8 rings (SSSR count). The van der Waals surface area contributed by atoms with Gasteiger partial charge in [0.1, 0.15) is 0 Å². The number of fused-ring (bicyclic) bond motifs is 4. The van der Waals surface area contributed by atoms with Crippen LogP contribution in [0.2, 0.25) is 0 Å². The average Bonchev–Trinajstić information content (AvgIpc) is 3.32. The van der Waals surface area contributed by atoms with Gasteiger partial charge < -0.3 is 5.73 Å². The van der Waals surface area contributed by atoms with Crippen LogP contribution in [-0.2, 0) is 5.75 Å². The zero-order chi connectivity index (χ0) is 43.3. The van der Waals surface area contributed by atoms with Gasteiger partial charge in [-0.15, -0.1) is 11.8 Å². The molecule has 7 aromatic carbocycles. The summed E-state index contributed by atoms with van der Waals surface area (Å²) in [6.07, 6.45) is 4.15. The molecule has 0 spiro atoms. The largest absolute Gasteiger partial charge is 0.398 e. The van der Waals surface area contributed by atoms with Gasteiger partial charge in [-0.25, -0.2) is 0 Å². The smallest absolute Gasteiger partial charge is 0.0911 e. The first-order valence-corrected chi connectivity index (χ1v) is 22.7. The molecule has 7 aromatic rings. The molecule has 0 aromatic heterocycles. The lowest BCUT2D eigenvalue weighted by atomic mass is 9.98. The van der Waals surface area contributed by atoms with Gasteiger partial charge >= 0.3 is 0 Å². The summed E-state index contributed by atoms with van der Waals surface area (Å²) in [5.41, 5.74) is 12.6. The average molecular weight is 807 g/mol. The Labute approximate surface area is 361 Å². The minimum Gasteiger partial charge on any atom is -0.398 e. The van der Waals surface area contributed by atoms with Crippen LogP contribution in [0, 0.1) is 0 Å². The Morgan fingerprint density at radius 3 is 1.59 bits per heavy atom. The Balaban J connectivity index is 0.000000705. The highest BCUT2D eigenvalue weighted by Crippen LogP contribution is 2.42. The van der Waals surface area contributed by atoms with Crippen molar-refractivity contribution >= 4 is 49.8 Å². The first-order chi connectivity index (χ1) is 29.0. The first-order valence-electron chi connectivity index (χ1n) is 21.7. The molecule has 0 saturated carbocycles. The quantitative estimate of drug-likeness (QED) is 0.0758. The highest BCUT2D eigenvalue weighted by molar-refractivity contribution is 7.99. The summed E-state index contributed by atoms with van der Waals surface area (Å²) in [7, 11) is 4.43. The summed E-state index contributed by atoms with van der Waals surface area (Å²) in [5.74, 6) is 0.840. The van der Waals surface area contributed by atoms with Crippen molar-refractivity contribution in [2.24, 2.45) is 0 Å². The van der Waals surface area contributed by atoms with E-state index >= 15 is 0 Å². The molecule has 1 aliphatic rings. The fourth-order valence-corrected chi connectivity index (χ4v) is 8.53. The van der Waals surface area contributed by atoms with Crippen LogP contribution in [0.3, 0.4) is 0 Å². The summed E-state index contributed by atoms with van der Waals surface area (Å²) in [4.78, 5) is 6.00. The molecule has 1 fully saturated rings. The molecule has 3 N–H and O–H groups in total. The number of benzene rings is 7. The molecule has 3 atom stereocenters. The minimum absolute atomic E-state index is 0.00336. The molecule has 5 heteroatoms. The molecule has 1 heterocycles. The number of nitrogens with one attached hydrogen (secondary N) is 1. The number of thioether (sulfide) groups is 1. The van der Waals surface area contributed by atoms with Crippen LogP contribution in [0.1, 0.15) is 110 Å². The van der Waals surface area contributed by atoms with Crippen LogP contribution in [0.4, 0.5) is 5.69 Å². The molecule has 4 nitrogen and oxygen atoms in total. The second-order valence-corrected chi connectivity index (χ2v) is 14.2. The van der Waals surface area contributed by atoms with Crippen LogP contribution in [0.25, 0.3) is 32.3 Å². The number of nitrogens with zero attached hydrogens (tertiary/aromatic N) is 2. The fraction of sp³-hybridized carbons (Fsp3) is 0.296. The minimum atomic E-state index is 0.00336. The van der Waals surface area contributed by atoms with Gasteiger partial charge in [0.15, 0.2) is 0 Å². The summed E-state index contributed by atoms with van der Waals surface area (Å²) < 4.78 is 0. The number of nitrogens with two attached hydrogens (primary N) is 1. The van der Waals surface area contributed by atoms with Crippen molar-refractivity contribution in [2.75, 3.05) is 19.8 Å². The van der Waals surface area contributed by atoms with Crippen molar-refractivity contribution in [3.63, 3.8) is 0 Å². The van der Waals surface area contributed by atoms with Crippen LogP contribution in [0.15, 0.2) is 163 Å². The number of nitrogen functional groups attached to an aromatic ring is 1. The predicted molar refractivity (Wildman–Crippen MR) is 265 cm³/mol. The third-order valence-corrected chi connectivity index (χ3v) is 11.2. The lowest BCUT2D eigenvalue weighted by Gasteiger charge is -2.50. The molecule has 312 valence electrons. The Hall–Kier alpha value is -4.91. The van der Waals surface area contributed by atoms with E-state index in [0.29, 0.717) is 0 Å². The topological polar surface area (TPSA) is 44.5 Å². The third kappa shape index (κ3) is 11.6. The first kappa shape index (κ1) is 48.5. The second-order valence-electron chi connectivity index (χ2n) is 13.2. The van der Waals surface area contributed by atoms with Crippen LogP contribution >= 0.6 is 11.8 Å². The molecular weight excluding hydrogens is 737 g/mol. The zero-order valence-electron chi connectivity index (χ0n) is 37.8. The molecule has 1 saturated heterocycles. The molecule has 0 amide bonds. The summed E-state index contributed by atoms with van der Waals surface area (Å²) in [6.45, 7) is 20.0. The van der Waals surface area contributed by atoms with Crippen molar-refractivity contribution in [2.45, 2.75) is 98.4 Å². The van der Waals surface area contributed by atoms with Gasteiger partial charge in [-0.2, -0.15) is 0 Å². The van der Waals surface area contributed by atoms with E-state index in [1.165, 1.54) is 54.6 Å². The standard InChI is InChI=1S/C42H38N4S.C4H8.4C2H6/c1-45-40(28-13-5-3-6-14-28)44-41(46(2)42(45)29-15-7-4-8-16-29)32-21-23-36-31(25-32)22-24-38(43)39(36)47-27-33-26-30-17-9-10-18-34(30)37-20-12-11-19-35(33)37;1-3-4-2;4*1-2/h3-26,40-42,44H,27,43H2,1-2H3;3-4H,1-2H3;4*1-2H3/b;4-3-;;;;. The molecule has 0 radical (unpaired) electrons. The van der Waals surface area contributed by atoms with E-state index in [4.69, 9.17) is 5.73 Å². The SMILES string of the molecule is C/C=C\C.CC.CC.CC.CC.CN1C(c2ccccc2)NC(c2ccc3c(SCc4cc5ccccc5c5ccccc45)c(N)ccc3c2)N(C)C1c1ccccc1. The molecular formula is C54H70N4S. The van der Waals surface area contributed by atoms with E-state index < -0.39 is 0 Å². The number of allylic oxidation sites excluding steroid dienone is 2. The molecule has 0 bridgehead atoms. The van der Waals surface area contributed by atoms with E-state index in [0.717, 1.165) is 16.3 Å². The summed E-state index contributed by atoms with van der Waals surface area (Å²) in [6, 6.07) is 52.4. The normalized spacial score (nSPS) is 16.2. The van der Waals surface area contributed by atoms with Gasteiger partial charge in [-0.05, 0) is 101 Å². The van der Waals surface area contributed by atoms with E-state index in [2.05, 4.69) is 175 Å². The number of anilines is 1. The summed E-state index contributed by atoms with van der Waals surface area (Å²) >= 11 is 1.83. The van der Waals surface area contributed by atoms with Gasteiger partial charge in [0.05, 0.1) is 18.5 Å². The number of hydrogen-bond donors (Lipinski definition) is 2. The Bertz CT molecular complexity index is 2280. The zero-order valence-corrected chi connectivity index (χ0v) is 38.6. The van der Waals surface area contributed by atoms with Crippen molar-refractivity contribution < 1.29 is 0 Å². The van der Waals surface area contributed by atoms with Crippen molar-refractivity contribution in [3.05, 3.63) is 180 Å². The molecule has 0 aliphatic carbocycles. The fourth-order valence-electron chi connectivity index (χ4n) is 7.42. The van der Waals surface area contributed by atoms with E-state index in [9.17, 15) is 0 Å². The molecule has 3 unspecified atom stereocenters. The predicted octanol–water partition coefficient (Wildman–Crippen LogP) is 15.6. The van der Waals surface area contributed by atoms with Crippen molar-refractivity contribution in [1.82, 2.24) is 15.1 Å². The Morgan fingerprint density at radius 1 is 0.508 bits per heavy atom. The van der Waals surface area contributed by atoms with Crippen LogP contribution < -0.4 is 11.1 Å². The van der Waals surface area contributed by atoms with Crippen LogP contribution in [-0.4, -0.2) is 23.9 Å². The van der Waals surface area contributed by atoms with Gasteiger partial charge in [0.2, 0.25) is 0 Å². The van der Waals surface area contributed by atoms with E-state index in [-0.39, 0.29) is 18.5 Å². The lowest BCUT2D eigenvalue weighted by Crippen LogP contribution is -2.55. The Kier molecular flexibility index (Phi) is 21.0. The van der Waals surface area contributed by atoms with E-state index in [1.54, 1.807) is 0 Å². The van der Waals surface area contributed by atoms with Gasteiger partial charge in [0.25, 0.3) is 0 Å². The molecule has 59 heavy (non-hydrogen) atoms. The summed E-state index contributed by atoms with van der Waals surface area (Å²) in [5, 5.41) is 11.5. The van der Waals surface area contributed by atoms with Crippen molar-refractivity contribution in [1.29, 1.82) is 0 Å². The maximum atomic E-state index is 6.69. The van der Waals surface area contributed by atoms with Crippen LogP contribution in [0.5, 0.6) is 0 Å². The van der Waals surface area contributed by atoms with E-state index in [1.807, 2.05) is 93.2 Å². The molecule has 1 aliphatic heterocycles. The van der Waals surface area contributed by atoms with Gasteiger partial charge in [-0.3, -0.25) is 15.1 Å². The number of rotatable bonds is 6. The maximum absolute atomic E-state index is 6.69. The van der Waals surface area contributed by atoms with Gasteiger partial charge in [0, 0.05) is 16.3 Å².